The molecule has 0 aliphatic heterocycles. The highest BCUT2D eigenvalue weighted by atomic mass is 32.3. The Hall–Kier alpha value is -2.22. The average molecular weight is 514 g/mol. The predicted octanol–water partition coefficient (Wildman–Crippen LogP) is 6.73. The van der Waals surface area contributed by atoms with Gasteiger partial charge in [0, 0.05) is 9.77 Å². The Morgan fingerprint density at radius 1 is 0.765 bits per heavy atom. The molecule has 0 aliphatic rings. The van der Waals surface area contributed by atoms with Gasteiger partial charge in [-0.25, -0.2) is 4.21 Å². The molecule has 7 heteroatoms. The summed E-state index contributed by atoms with van der Waals surface area (Å²) in [7, 11) is -9.55. The van der Waals surface area contributed by atoms with Crippen LogP contribution in [0.15, 0.2) is 98.5 Å². The molecule has 182 valence electrons. The molecule has 0 N–H and O–H groups in total. The van der Waals surface area contributed by atoms with Crippen molar-refractivity contribution >= 4 is 27.8 Å². The van der Waals surface area contributed by atoms with Gasteiger partial charge < -0.3 is 0 Å². The first-order valence-electron chi connectivity index (χ1n) is 11.6. The van der Waals surface area contributed by atoms with E-state index in [-0.39, 0.29) is 15.7 Å². The lowest BCUT2D eigenvalue weighted by molar-refractivity contribution is 0.548. The van der Waals surface area contributed by atoms with Crippen LogP contribution in [-0.2, 0) is 26.2 Å². The monoisotopic (exact) mass is 513 g/mol. The molecule has 0 bridgehead atoms. The molecular formula is C27H35NO3S2Si. The van der Waals surface area contributed by atoms with Gasteiger partial charge in [-0.2, -0.15) is 8.42 Å². The summed E-state index contributed by atoms with van der Waals surface area (Å²) in [5.74, 6) is 0.0246. The largest absolute Gasteiger partial charge is 0.290 e. The van der Waals surface area contributed by atoms with E-state index in [9.17, 15) is 12.6 Å². The van der Waals surface area contributed by atoms with Gasteiger partial charge in [0.15, 0.2) is 0 Å². The molecule has 34 heavy (non-hydrogen) atoms. The lowest BCUT2D eigenvalue weighted by Crippen LogP contribution is -2.48. The normalized spacial score (nSPS) is 15.8. The van der Waals surface area contributed by atoms with Crippen LogP contribution in [0.1, 0.15) is 24.5 Å². The maximum Gasteiger partial charge on any atom is 0.290 e. The number of sulfonamides is 1. The summed E-state index contributed by atoms with van der Waals surface area (Å²) < 4.78 is 46.1. The van der Waals surface area contributed by atoms with Crippen molar-refractivity contribution in [1.82, 2.24) is 0 Å². The van der Waals surface area contributed by atoms with Crippen LogP contribution in [0.2, 0.25) is 19.6 Å². The zero-order valence-electron chi connectivity index (χ0n) is 20.6. The summed E-state index contributed by atoms with van der Waals surface area (Å²) in [6.45, 7) is 10.5. The SMILES string of the molecule is Cc1ccc(S(=O)(=O)N=S(=O)(c2ccccc2)C(C(C)CCc2ccccc2)[Si](C)(C)C)cc1. The van der Waals surface area contributed by atoms with Crippen molar-refractivity contribution in [1.29, 1.82) is 0 Å². The van der Waals surface area contributed by atoms with Crippen LogP contribution in [0, 0.1) is 12.8 Å². The van der Waals surface area contributed by atoms with E-state index in [1.54, 1.807) is 48.5 Å². The van der Waals surface area contributed by atoms with E-state index in [0.717, 1.165) is 18.4 Å². The second kappa shape index (κ2) is 10.6. The Morgan fingerprint density at radius 3 is 1.82 bits per heavy atom. The van der Waals surface area contributed by atoms with Crippen molar-refractivity contribution in [2.75, 3.05) is 0 Å². The minimum Gasteiger partial charge on any atom is -0.244 e. The van der Waals surface area contributed by atoms with E-state index in [1.807, 2.05) is 31.2 Å². The lowest BCUT2D eigenvalue weighted by Gasteiger charge is -2.36. The molecular weight excluding hydrogens is 479 g/mol. The van der Waals surface area contributed by atoms with Crippen LogP contribution in [0.5, 0.6) is 0 Å². The topological polar surface area (TPSA) is 63.6 Å². The molecule has 3 unspecified atom stereocenters. The van der Waals surface area contributed by atoms with E-state index in [0.29, 0.717) is 4.90 Å². The summed E-state index contributed by atoms with van der Waals surface area (Å²) in [5.41, 5.74) is 2.18. The Bertz CT molecular complexity index is 1310. The summed E-state index contributed by atoms with van der Waals surface area (Å²) >= 11 is 0. The molecule has 0 aliphatic carbocycles. The zero-order valence-corrected chi connectivity index (χ0v) is 23.3. The minimum atomic E-state index is -4.12. The molecule has 0 radical (unpaired) electrons. The van der Waals surface area contributed by atoms with Crippen molar-refractivity contribution in [2.45, 2.75) is 61.0 Å². The Balaban J connectivity index is 2.15. The number of hydrogen-bond acceptors (Lipinski definition) is 3. The fourth-order valence-corrected chi connectivity index (χ4v) is 15.4. The Kier molecular flexibility index (Phi) is 8.21. The predicted molar refractivity (Wildman–Crippen MR) is 145 cm³/mol. The second-order valence-electron chi connectivity index (χ2n) is 10.0. The Morgan fingerprint density at radius 2 is 1.29 bits per heavy atom. The molecule has 0 saturated carbocycles. The van der Waals surface area contributed by atoms with Crippen LogP contribution >= 0.6 is 0 Å². The fourth-order valence-electron chi connectivity index (χ4n) is 4.59. The van der Waals surface area contributed by atoms with Gasteiger partial charge in [-0.05, 0) is 55.5 Å². The van der Waals surface area contributed by atoms with Crippen LogP contribution in [0.3, 0.4) is 0 Å². The first-order valence-corrected chi connectivity index (χ1v) is 18.2. The van der Waals surface area contributed by atoms with Crippen LogP contribution < -0.4 is 0 Å². The Labute approximate surface area is 206 Å². The van der Waals surface area contributed by atoms with Crippen LogP contribution in [-0.4, -0.2) is 25.6 Å². The molecule has 0 fully saturated rings. The first-order chi connectivity index (χ1) is 15.9. The maximum absolute atomic E-state index is 14.9. The van der Waals surface area contributed by atoms with Gasteiger partial charge in [-0.1, -0.05) is 92.8 Å². The molecule has 4 nitrogen and oxygen atoms in total. The van der Waals surface area contributed by atoms with Crippen molar-refractivity contribution in [3.05, 3.63) is 96.1 Å². The van der Waals surface area contributed by atoms with Crippen LogP contribution in [0.25, 0.3) is 0 Å². The van der Waals surface area contributed by atoms with E-state index in [1.165, 1.54) is 5.56 Å². The van der Waals surface area contributed by atoms with Crippen molar-refractivity contribution in [2.24, 2.45) is 9.69 Å². The molecule has 3 rings (SSSR count). The number of rotatable bonds is 9. The fraction of sp³-hybridized carbons (Fsp3) is 0.333. The average Bonchev–Trinajstić information content (AvgIpc) is 2.78. The number of benzene rings is 3. The number of aryl methyl sites for hydroxylation is 2. The third kappa shape index (κ3) is 6.26. The molecule has 0 amide bonds. The van der Waals surface area contributed by atoms with Gasteiger partial charge in [-0.3, -0.25) is 0 Å². The molecule has 0 saturated heterocycles. The van der Waals surface area contributed by atoms with Crippen molar-refractivity contribution in [3.8, 4) is 0 Å². The third-order valence-electron chi connectivity index (χ3n) is 6.05. The highest BCUT2D eigenvalue weighted by Gasteiger charge is 2.42. The van der Waals surface area contributed by atoms with Crippen molar-refractivity contribution < 1.29 is 12.6 Å². The second-order valence-corrected chi connectivity index (χ2v) is 19.9. The first kappa shape index (κ1) is 26.4. The van der Waals surface area contributed by atoms with E-state index in [4.69, 9.17) is 0 Å². The molecule has 3 aromatic rings. The molecule has 0 aromatic heterocycles. The summed E-state index contributed by atoms with van der Waals surface area (Å²) in [4.78, 5) is 0.226. The van der Waals surface area contributed by atoms with E-state index < -0.39 is 27.8 Å². The van der Waals surface area contributed by atoms with Gasteiger partial charge in [0.1, 0.15) is 0 Å². The lowest BCUT2D eigenvalue weighted by atomic mass is 10.0. The van der Waals surface area contributed by atoms with E-state index in [2.05, 4.69) is 42.5 Å². The zero-order chi connectivity index (χ0) is 25.0. The van der Waals surface area contributed by atoms with Gasteiger partial charge in [0.05, 0.1) is 22.7 Å². The van der Waals surface area contributed by atoms with Gasteiger partial charge in [0.25, 0.3) is 10.0 Å². The summed E-state index contributed by atoms with van der Waals surface area (Å²) in [6.07, 6.45) is 1.65. The van der Waals surface area contributed by atoms with E-state index >= 15 is 0 Å². The van der Waals surface area contributed by atoms with Crippen molar-refractivity contribution in [3.63, 3.8) is 0 Å². The van der Waals surface area contributed by atoms with Crippen LogP contribution in [0.4, 0.5) is 0 Å². The quantitative estimate of drug-likeness (QED) is 0.298. The number of nitrogens with zero attached hydrogens (tertiary/aromatic N) is 1. The third-order valence-corrected chi connectivity index (χ3v) is 16.0. The minimum absolute atomic E-state index is 0.0246. The summed E-state index contributed by atoms with van der Waals surface area (Å²) in [6, 6.07) is 25.8. The standard InChI is InChI=1S/C27H35NO3S2Si/c1-22-16-20-26(21-17-22)33(30,31)28-32(29,25-14-10-7-11-15-25)27(34(3,4)5)23(2)18-19-24-12-8-6-9-13-24/h6-17,20-21,23,27H,18-19H2,1-5H3. The smallest absolute Gasteiger partial charge is 0.244 e. The highest BCUT2D eigenvalue weighted by molar-refractivity contribution is 8.04. The highest BCUT2D eigenvalue weighted by Crippen LogP contribution is 2.35. The molecule has 0 heterocycles. The maximum atomic E-state index is 14.9. The van der Waals surface area contributed by atoms with Gasteiger partial charge in [-0.15, -0.1) is 3.77 Å². The van der Waals surface area contributed by atoms with Gasteiger partial charge in [0.2, 0.25) is 0 Å². The number of hydrogen-bond donors (Lipinski definition) is 0. The van der Waals surface area contributed by atoms with Gasteiger partial charge >= 0.3 is 0 Å². The molecule has 3 atom stereocenters. The summed E-state index contributed by atoms with van der Waals surface area (Å²) in [5, 5.41) is 0. The molecule has 3 aromatic carbocycles. The molecule has 0 spiro atoms.